The molecule has 0 unspecified atom stereocenters. The number of hydrogen-bond donors (Lipinski definition) is 1. The molecule has 0 saturated carbocycles. The van der Waals surface area contributed by atoms with Gasteiger partial charge in [0.1, 0.15) is 6.04 Å². The van der Waals surface area contributed by atoms with E-state index < -0.39 is 0 Å². The minimum atomic E-state index is -0.362. The smallest absolute Gasteiger partial charge is 0.322 e. The molecule has 0 aliphatic carbocycles. The van der Waals surface area contributed by atoms with Gasteiger partial charge in [-0.25, -0.2) is 4.79 Å². The van der Waals surface area contributed by atoms with Crippen LogP contribution in [-0.4, -0.2) is 40.8 Å². The number of nitrogens with one attached hydrogen (secondary N) is 1. The molecule has 1 aromatic carbocycles. The summed E-state index contributed by atoms with van der Waals surface area (Å²) in [5.41, 5.74) is 0.670. The van der Waals surface area contributed by atoms with Crippen LogP contribution in [0, 0.1) is 6.92 Å². The molecule has 0 radical (unpaired) electrons. The van der Waals surface area contributed by atoms with E-state index in [-0.39, 0.29) is 12.1 Å². The molecule has 3 rings (SSSR count). The van der Waals surface area contributed by atoms with E-state index in [0.717, 1.165) is 0 Å². The molecule has 1 aliphatic rings. The van der Waals surface area contributed by atoms with Crippen LogP contribution in [0.3, 0.4) is 0 Å². The predicted molar refractivity (Wildman–Crippen MR) is 79.8 cm³/mol. The second-order valence-electron chi connectivity index (χ2n) is 4.89. The number of hydrogen-bond acceptors (Lipinski definition) is 5. The fourth-order valence-electron chi connectivity index (χ4n) is 2.24. The van der Waals surface area contributed by atoms with Crippen LogP contribution in [0.4, 0.5) is 10.5 Å². The summed E-state index contributed by atoms with van der Waals surface area (Å²) in [7, 11) is 0. The van der Waals surface area contributed by atoms with Crippen LogP contribution in [0.2, 0.25) is 5.02 Å². The van der Waals surface area contributed by atoms with Crippen molar-refractivity contribution in [2.75, 3.05) is 25.1 Å². The highest BCUT2D eigenvalue weighted by atomic mass is 35.5. The number of amides is 2. The number of ether oxygens (including phenoxy) is 1. The number of anilines is 1. The van der Waals surface area contributed by atoms with Gasteiger partial charge in [-0.15, -0.1) is 0 Å². The SMILES string of the molecule is Cc1nc([C@H]2COCCN2C(=O)Nc2ccc(Cl)cc2)no1. The Morgan fingerprint density at radius 2 is 2.18 bits per heavy atom. The summed E-state index contributed by atoms with van der Waals surface area (Å²) >= 11 is 5.84. The van der Waals surface area contributed by atoms with Crippen LogP contribution in [0.25, 0.3) is 0 Å². The van der Waals surface area contributed by atoms with Crippen molar-refractivity contribution in [2.45, 2.75) is 13.0 Å². The zero-order valence-electron chi connectivity index (χ0n) is 12.0. The zero-order valence-corrected chi connectivity index (χ0v) is 12.7. The van der Waals surface area contributed by atoms with Crippen molar-refractivity contribution in [3.8, 4) is 0 Å². The maximum Gasteiger partial charge on any atom is 0.322 e. The van der Waals surface area contributed by atoms with Gasteiger partial charge >= 0.3 is 6.03 Å². The average Bonchev–Trinajstić information content (AvgIpc) is 2.96. The first-order valence-corrected chi connectivity index (χ1v) is 7.22. The Morgan fingerprint density at radius 1 is 1.41 bits per heavy atom. The number of carbonyl (C=O) groups excluding carboxylic acids is 1. The van der Waals surface area contributed by atoms with Crippen molar-refractivity contribution in [1.82, 2.24) is 15.0 Å². The van der Waals surface area contributed by atoms with E-state index in [0.29, 0.717) is 42.2 Å². The zero-order chi connectivity index (χ0) is 15.5. The average molecular weight is 323 g/mol. The monoisotopic (exact) mass is 322 g/mol. The second kappa shape index (κ2) is 6.33. The molecule has 2 heterocycles. The molecule has 2 aromatic rings. The number of morpholine rings is 1. The van der Waals surface area contributed by atoms with E-state index in [1.165, 1.54) is 0 Å². The van der Waals surface area contributed by atoms with Crippen LogP contribution >= 0.6 is 11.6 Å². The largest absolute Gasteiger partial charge is 0.377 e. The lowest BCUT2D eigenvalue weighted by Crippen LogP contribution is -2.45. The van der Waals surface area contributed by atoms with Gasteiger partial charge in [-0.2, -0.15) is 4.98 Å². The van der Waals surface area contributed by atoms with Gasteiger partial charge in [-0.05, 0) is 24.3 Å². The molecular weight excluding hydrogens is 308 g/mol. The number of halogens is 1. The highest BCUT2D eigenvalue weighted by Gasteiger charge is 2.32. The molecular formula is C14H15ClN4O3. The lowest BCUT2D eigenvalue weighted by molar-refractivity contribution is 0.0110. The third kappa shape index (κ3) is 3.20. The van der Waals surface area contributed by atoms with Crippen molar-refractivity contribution in [2.24, 2.45) is 0 Å². The lowest BCUT2D eigenvalue weighted by Gasteiger charge is -2.33. The van der Waals surface area contributed by atoms with E-state index in [1.54, 1.807) is 36.1 Å². The fourth-order valence-corrected chi connectivity index (χ4v) is 2.37. The van der Waals surface area contributed by atoms with E-state index in [2.05, 4.69) is 15.5 Å². The number of urea groups is 1. The molecule has 1 atom stereocenters. The van der Waals surface area contributed by atoms with Crippen molar-refractivity contribution < 1.29 is 14.1 Å². The quantitative estimate of drug-likeness (QED) is 0.919. The van der Waals surface area contributed by atoms with Crippen LogP contribution in [0.15, 0.2) is 28.8 Å². The Bertz CT molecular complexity index is 658. The maximum atomic E-state index is 12.5. The number of aromatic nitrogens is 2. The molecule has 1 N–H and O–H groups in total. The number of rotatable bonds is 2. The normalized spacial score (nSPS) is 18.3. The first-order chi connectivity index (χ1) is 10.6. The highest BCUT2D eigenvalue weighted by molar-refractivity contribution is 6.30. The Hall–Kier alpha value is -2.12. The summed E-state index contributed by atoms with van der Waals surface area (Å²) in [6.45, 7) is 2.98. The molecule has 8 heteroatoms. The van der Waals surface area contributed by atoms with Crippen molar-refractivity contribution in [3.63, 3.8) is 0 Å². The van der Waals surface area contributed by atoms with Crippen molar-refractivity contribution in [3.05, 3.63) is 41.0 Å². The second-order valence-corrected chi connectivity index (χ2v) is 5.33. The van der Waals surface area contributed by atoms with Gasteiger partial charge < -0.3 is 19.5 Å². The van der Waals surface area contributed by atoms with Crippen molar-refractivity contribution in [1.29, 1.82) is 0 Å². The Kier molecular flexibility index (Phi) is 4.26. The van der Waals surface area contributed by atoms with Gasteiger partial charge in [-0.3, -0.25) is 0 Å². The number of nitrogens with zero attached hydrogens (tertiary/aromatic N) is 3. The molecule has 1 aromatic heterocycles. The molecule has 0 bridgehead atoms. The van der Waals surface area contributed by atoms with Crippen LogP contribution < -0.4 is 5.32 Å². The standard InChI is InChI=1S/C14H15ClN4O3/c1-9-16-13(18-22-9)12-8-21-7-6-19(12)14(20)17-11-4-2-10(15)3-5-11/h2-5,12H,6-8H2,1H3,(H,17,20)/t12-/m1/s1. The van der Waals surface area contributed by atoms with E-state index in [1.807, 2.05) is 0 Å². The Labute approximate surface area is 132 Å². The third-order valence-corrected chi connectivity index (χ3v) is 3.58. The van der Waals surface area contributed by atoms with Gasteiger partial charge in [0, 0.05) is 24.2 Å². The predicted octanol–water partition coefficient (Wildman–Crippen LogP) is 2.64. The topological polar surface area (TPSA) is 80.5 Å². The molecule has 1 aliphatic heterocycles. The van der Waals surface area contributed by atoms with Crippen molar-refractivity contribution >= 4 is 23.3 Å². The van der Waals surface area contributed by atoms with Crippen LogP contribution in [0.5, 0.6) is 0 Å². The summed E-state index contributed by atoms with van der Waals surface area (Å²) in [6.07, 6.45) is 0. The van der Waals surface area contributed by atoms with Gasteiger partial charge in [0.25, 0.3) is 0 Å². The summed E-state index contributed by atoms with van der Waals surface area (Å²) < 4.78 is 10.4. The lowest BCUT2D eigenvalue weighted by atomic mass is 10.2. The summed E-state index contributed by atoms with van der Waals surface area (Å²) in [4.78, 5) is 18.3. The van der Waals surface area contributed by atoms with Gasteiger partial charge in [0.2, 0.25) is 5.89 Å². The Morgan fingerprint density at radius 3 is 2.86 bits per heavy atom. The molecule has 1 fully saturated rings. The molecule has 7 nitrogen and oxygen atoms in total. The first kappa shape index (κ1) is 14.8. The molecule has 22 heavy (non-hydrogen) atoms. The number of aryl methyl sites for hydroxylation is 1. The fraction of sp³-hybridized carbons (Fsp3) is 0.357. The third-order valence-electron chi connectivity index (χ3n) is 3.33. The summed E-state index contributed by atoms with van der Waals surface area (Å²) in [5, 5.41) is 7.33. The van der Waals surface area contributed by atoms with Crippen LogP contribution in [0.1, 0.15) is 17.8 Å². The minimum absolute atomic E-state index is 0.238. The number of carbonyl (C=O) groups is 1. The highest BCUT2D eigenvalue weighted by Crippen LogP contribution is 2.23. The van der Waals surface area contributed by atoms with Gasteiger partial charge in [0.05, 0.1) is 13.2 Å². The molecule has 2 amide bonds. The van der Waals surface area contributed by atoms with Crippen LogP contribution in [-0.2, 0) is 4.74 Å². The summed E-state index contributed by atoms with van der Waals surface area (Å²) in [6, 6.07) is 6.33. The first-order valence-electron chi connectivity index (χ1n) is 6.84. The maximum absolute atomic E-state index is 12.5. The Balaban J connectivity index is 1.75. The van der Waals surface area contributed by atoms with E-state index >= 15 is 0 Å². The molecule has 1 saturated heterocycles. The van der Waals surface area contributed by atoms with Gasteiger partial charge in [0.15, 0.2) is 5.82 Å². The van der Waals surface area contributed by atoms with E-state index in [4.69, 9.17) is 20.9 Å². The number of benzene rings is 1. The minimum Gasteiger partial charge on any atom is -0.377 e. The van der Waals surface area contributed by atoms with Gasteiger partial charge in [-0.1, -0.05) is 16.8 Å². The molecule has 116 valence electrons. The summed E-state index contributed by atoms with van der Waals surface area (Å²) in [5.74, 6) is 0.905. The van der Waals surface area contributed by atoms with E-state index in [9.17, 15) is 4.79 Å². The molecule has 0 spiro atoms.